The Labute approximate surface area is 96.3 Å². The lowest BCUT2D eigenvalue weighted by Crippen LogP contribution is -2.43. The molecule has 1 aromatic heterocycles. The van der Waals surface area contributed by atoms with Crippen molar-refractivity contribution >= 4 is 5.91 Å². The van der Waals surface area contributed by atoms with Gasteiger partial charge < -0.3 is 11.1 Å². The van der Waals surface area contributed by atoms with Crippen molar-refractivity contribution in [3.05, 3.63) is 29.6 Å². The van der Waals surface area contributed by atoms with Crippen molar-refractivity contribution in [2.45, 2.75) is 26.8 Å². The average molecular weight is 221 g/mol. The Morgan fingerprint density at radius 1 is 1.56 bits per heavy atom. The van der Waals surface area contributed by atoms with Crippen LogP contribution in [0.15, 0.2) is 18.3 Å². The lowest BCUT2D eigenvalue weighted by molar-refractivity contribution is 0.0926. The molecule has 1 heterocycles. The molecular weight excluding hydrogens is 202 g/mol. The highest BCUT2D eigenvalue weighted by Crippen LogP contribution is 2.06. The van der Waals surface area contributed by atoms with Crippen LogP contribution >= 0.6 is 0 Å². The number of hydrogen-bond acceptors (Lipinski definition) is 3. The number of aryl methyl sites for hydroxylation is 1. The number of amides is 1. The summed E-state index contributed by atoms with van der Waals surface area (Å²) in [5.41, 5.74) is 6.96. The van der Waals surface area contributed by atoms with Crippen LogP contribution in [0.3, 0.4) is 0 Å². The predicted octanol–water partition coefficient (Wildman–Crippen LogP) is 1.10. The highest BCUT2D eigenvalue weighted by molar-refractivity contribution is 5.95. The third-order valence-electron chi connectivity index (χ3n) is 2.63. The molecule has 0 fully saturated rings. The maximum absolute atomic E-state index is 11.9. The number of rotatable bonds is 4. The van der Waals surface area contributed by atoms with E-state index in [1.54, 1.807) is 18.3 Å². The quantitative estimate of drug-likeness (QED) is 0.800. The first-order chi connectivity index (χ1) is 7.56. The lowest BCUT2D eigenvalue weighted by Gasteiger charge is -2.20. The van der Waals surface area contributed by atoms with Crippen LogP contribution < -0.4 is 11.1 Å². The topological polar surface area (TPSA) is 68.0 Å². The Morgan fingerprint density at radius 2 is 2.25 bits per heavy atom. The number of nitrogens with one attached hydrogen (secondary N) is 1. The third-order valence-corrected chi connectivity index (χ3v) is 2.63. The van der Waals surface area contributed by atoms with Gasteiger partial charge in [-0.1, -0.05) is 13.8 Å². The zero-order valence-electron chi connectivity index (χ0n) is 10.0. The van der Waals surface area contributed by atoms with Gasteiger partial charge in [0.2, 0.25) is 0 Å². The monoisotopic (exact) mass is 221 g/mol. The standard InChI is InChI=1S/C12H19N3O/c1-8(2)11(7-13)15-12(16)10-5-4-6-14-9(10)3/h4-6,8,11H,7,13H2,1-3H3,(H,15,16). The van der Waals surface area contributed by atoms with Crippen LogP contribution in [0.25, 0.3) is 0 Å². The van der Waals surface area contributed by atoms with E-state index in [1.165, 1.54) is 0 Å². The number of hydrogen-bond donors (Lipinski definition) is 2. The van der Waals surface area contributed by atoms with E-state index in [-0.39, 0.29) is 11.9 Å². The van der Waals surface area contributed by atoms with Gasteiger partial charge in [0.25, 0.3) is 5.91 Å². The highest BCUT2D eigenvalue weighted by atomic mass is 16.1. The van der Waals surface area contributed by atoms with E-state index in [0.29, 0.717) is 18.0 Å². The first kappa shape index (κ1) is 12.6. The Bertz CT molecular complexity index is 363. The second kappa shape index (κ2) is 5.61. The van der Waals surface area contributed by atoms with Crippen molar-refractivity contribution in [3.8, 4) is 0 Å². The maximum Gasteiger partial charge on any atom is 0.253 e. The first-order valence-electron chi connectivity index (χ1n) is 5.48. The van der Waals surface area contributed by atoms with Crippen LogP contribution in [0, 0.1) is 12.8 Å². The van der Waals surface area contributed by atoms with E-state index < -0.39 is 0 Å². The normalized spacial score (nSPS) is 12.6. The molecule has 0 spiro atoms. The summed E-state index contributed by atoms with van der Waals surface area (Å²) in [5.74, 6) is 0.223. The Balaban J connectivity index is 2.76. The van der Waals surface area contributed by atoms with Crippen molar-refractivity contribution in [1.29, 1.82) is 0 Å². The number of aromatic nitrogens is 1. The minimum atomic E-state index is -0.102. The molecule has 16 heavy (non-hydrogen) atoms. The van der Waals surface area contributed by atoms with E-state index in [1.807, 2.05) is 20.8 Å². The van der Waals surface area contributed by atoms with Crippen molar-refractivity contribution in [2.24, 2.45) is 11.7 Å². The summed E-state index contributed by atoms with van der Waals surface area (Å²) >= 11 is 0. The van der Waals surface area contributed by atoms with Gasteiger partial charge in [-0.15, -0.1) is 0 Å². The van der Waals surface area contributed by atoms with Crippen LogP contribution in [0.4, 0.5) is 0 Å². The van der Waals surface area contributed by atoms with Gasteiger partial charge in [0.1, 0.15) is 0 Å². The smallest absolute Gasteiger partial charge is 0.253 e. The second-order valence-corrected chi connectivity index (χ2v) is 4.20. The van der Waals surface area contributed by atoms with Crippen LogP contribution in [-0.4, -0.2) is 23.5 Å². The van der Waals surface area contributed by atoms with Crippen LogP contribution in [-0.2, 0) is 0 Å². The molecule has 4 nitrogen and oxygen atoms in total. The zero-order chi connectivity index (χ0) is 12.1. The summed E-state index contributed by atoms with van der Waals surface area (Å²) in [4.78, 5) is 16.0. The van der Waals surface area contributed by atoms with Gasteiger partial charge in [-0.2, -0.15) is 0 Å². The van der Waals surface area contributed by atoms with Crippen LogP contribution in [0.5, 0.6) is 0 Å². The fraction of sp³-hybridized carbons (Fsp3) is 0.500. The lowest BCUT2D eigenvalue weighted by atomic mass is 10.0. The molecule has 4 heteroatoms. The molecule has 0 saturated carbocycles. The fourth-order valence-electron chi connectivity index (χ4n) is 1.47. The summed E-state index contributed by atoms with van der Waals surface area (Å²) in [7, 11) is 0. The Morgan fingerprint density at radius 3 is 2.75 bits per heavy atom. The fourth-order valence-corrected chi connectivity index (χ4v) is 1.47. The molecule has 1 atom stereocenters. The summed E-state index contributed by atoms with van der Waals surface area (Å²) in [6, 6.07) is 3.53. The average Bonchev–Trinajstić information content (AvgIpc) is 2.25. The van der Waals surface area contributed by atoms with Crippen molar-refractivity contribution in [3.63, 3.8) is 0 Å². The van der Waals surface area contributed by atoms with Crippen LogP contribution in [0.1, 0.15) is 29.9 Å². The van der Waals surface area contributed by atoms with Gasteiger partial charge in [-0.05, 0) is 25.0 Å². The van der Waals surface area contributed by atoms with Gasteiger partial charge in [0, 0.05) is 24.5 Å². The molecule has 1 rings (SSSR count). The molecule has 0 radical (unpaired) electrons. The number of pyridine rings is 1. The molecule has 0 saturated heterocycles. The summed E-state index contributed by atoms with van der Waals surface area (Å²) in [6.45, 7) is 6.34. The van der Waals surface area contributed by atoms with Gasteiger partial charge in [0.05, 0.1) is 5.56 Å². The highest BCUT2D eigenvalue weighted by Gasteiger charge is 2.16. The van der Waals surface area contributed by atoms with E-state index in [9.17, 15) is 4.79 Å². The Kier molecular flexibility index (Phi) is 4.43. The molecule has 88 valence electrons. The van der Waals surface area contributed by atoms with Gasteiger partial charge >= 0.3 is 0 Å². The minimum absolute atomic E-state index is 0.00658. The largest absolute Gasteiger partial charge is 0.348 e. The van der Waals surface area contributed by atoms with E-state index in [2.05, 4.69) is 10.3 Å². The van der Waals surface area contributed by atoms with E-state index in [4.69, 9.17) is 5.73 Å². The molecule has 0 aromatic carbocycles. The van der Waals surface area contributed by atoms with Gasteiger partial charge in [-0.25, -0.2) is 0 Å². The van der Waals surface area contributed by atoms with Crippen molar-refractivity contribution in [1.82, 2.24) is 10.3 Å². The van der Waals surface area contributed by atoms with Gasteiger partial charge in [-0.3, -0.25) is 9.78 Å². The summed E-state index contributed by atoms with van der Waals surface area (Å²) < 4.78 is 0. The number of nitrogens with zero attached hydrogens (tertiary/aromatic N) is 1. The number of nitrogens with two attached hydrogens (primary N) is 1. The molecular formula is C12H19N3O. The molecule has 0 aliphatic heterocycles. The molecule has 0 bridgehead atoms. The van der Waals surface area contributed by atoms with Crippen molar-refractivity contribution < 1.29 is 4.79 Å². The first-order valence-corrected chi connectivity index (χ1v) is 5.48. The van der Waals surface area contributed by atoms with E-state index >= 15 is 0 Å². The van der Waals surface area contributed by atoms with Gasteiger partial charge in [0.15, 0.2) is 0 Å². The zero-order valence-corrected chi connectivity index (χ0v) is 10.0. The molecule has 1 unspecified atom stereocenters. The minimum Gasteiger partial charge on any atom is -0.348 e. The maximum atomic E-state index is 11.9. The predicted molar refractivity (Wildman–Crippen MR) is 64.1 cm³/mol. The van der Waals surface area contributed by atoms with Crippen molar-refractivity contribution in [2.75, 3.05) is 6.54 Å². The SMILES string of the molecule is Cc1ncccc1C(=O)NC(CN)C(C)C. The van der Waals surface area contributed by atoms with Crippen LogP contribution in [0.2, 0.25) is 0 Å². The number of carbonyl (C=O) groups excluding carboxylic acids is 1. The van der Waals surface area contributed by atoms with E-state index in [0.717, 1.165) is 5.69 Å². The molecule has 3 N–H and O–H groups in total. The molecule has 1 aromatic rings. The number of carbonyl (C=O) groups is 1. The third kappa shape index (κ3) is 3.03. The summed E-state index contributed by atoms with van der Waals surface area (Å²) in [5, 5.41) is 2.92. The molecule has 0 aliphatic carbocycles. The molecule has 1 amide bonds. The Hall–Kier alpha value is -1.42. The molecule has 0 aliphatic rings. The second-order valence-electron chi connectivity index (χ2n) is 4.20. The summed E-state index contributed by atoms with van der Waals surface area (Å²) in [6.07, 6.45) is 1.68.